The van der Waals surface area contributed by atoms with Gasteiger partial charge in [-0.05, 0) is 96.4 Å². The summed E-state index contributed by atoms with van der Waals surface area (Å²) in [5.41, 5.74) is 13.3. The number of aromatic nitrogens is 2. The zero-order valence-corrected chi connectivity index (χ0v) is 28.9. The van der Waals surface area contributed by atoms with Crippen molar-refractivity contribution in [1.82, 2.24) is 9.97 Å². The molecule has 2 aromatic heterocycles. The highest BCUT2D eigenvalue weighted by atomic mass is 14.8. The quantitative estimate of drug-likeness (QED) is 0.137. The number of rotatable bonds is 4. The molecule has 0 fully saturated rings. The fourth-order valence-corrected chi connectivity index (χ4v) is 9.08. The fourth-order valence-electron chi connectivity index (χ4n) is 9.08. The molecule has 0 amide bonds. The topological polar surface area (TPSA) is 25.8 Å². The Bertz CT molecular complexity index is 2960. The zero-order valence-electron chi connectivity index (χ0n) is 28.9. The van der Waals surface area contributed by atoms with E-state index >= 15 is 0 Å². The van der Waals surface area contributed by atoms with Gasteiger partial charge in [0.15, 0.2) is 0 Å². The first-order valence-electron chi connectivity index (χ1n) is 18.2. The largest absolute Gasteiger partial charge is 0.254 e. The molecule has 0 N–H and O–H groups in total. The van der Waals surface area contributed by atoms with Crippen LogP contribution >= 0.6 is 0 Å². The summed E-state index contributed by atoms with van der Waals surface area (Å²) in [7, 11) is 0. The molecule has 1 aliphatic carbocycles. The van der Waals surface area contributed by atoms with Crippen molar-refractivity contribution < 1.29 is 0 Å². The minimum atomic E-state index is -0.529. The Morgan fingerprint density at radius 3 is 1.66 bits per heavy atom. The predicted molar refractivity (Wildman–Crippen MR) is 220 cm³/mol. The molecule has 0 radical (unpaired) electrons. The molecule has 10 aromatic rings. The maximum atomic E-state index is 5.49. The lowest BCUT2D eigenvalue weighted by Gasteiger charge is -2.34. The lowest BCUT2D eigenvalue weighted by Crippen LogP contribution is -2.28. The second kappa shape index (κ2) is 11.6. The fraction of sp³-hybridized carbons (Fsp3) is 0.0196. The van der Waals surface area contributed by atoms with Crippen molar-refractivity contribution >= 4 is 43.4 Å². The van der Waals surface area contributed by atoms with E-state index in [0.29, 0.717) is 0 Å². The van der Waals surface area contributed by atoms with E-state index in [2.05, 4.69) is 182 Å². The molecule has 0 spiro atoms. The third-order valence-corrected chi connectivity index (χ3v) is 11.3. The number of pyridine rings is 2. The van der Waals surface area contributed by atoms with Crippen molar-refractivity contribution in [3.05, 3.63) is 217 Å². The van der Waals surface area contributed by atoms with Gasteiger partial charge < -0.3 is 0 Å². The van der Waals surface area contributed by atoms with E-state index in [1.54, 1.807) is 0 Å². The van der Waals surface area contributed by atoms with Gasteiger partial charge in [0, 0.05) is 22.5 Å². The summed E-state index contributed by atoms with van der Waals surface area (Å²) in [6, 6.07) is 68.8. The highest BCUT2D eigenvalue weighted by Crippen LogP contribution is 2.58. The maximum Gasteiger partial charge on any atom is 0.0972 e. The van der Waals surface area contributed by atoms with Gasteiger partial charge in [-0.1, -0.05) is 158 Å². The predicted octanol–water partition coefficient (Wildman–Crippen LogP) is 12.8. The number of hydrogen-bond donors (Lipinski definition) is 0. The lowest BCUT2D eigenvalue weighted by molar-refractivity contribution is 0.769. The summed E-state index contributed by atoms with van der Waals surface area (Å²) in [5.74, 6) is 0. The minimum absolute atomic E-state index is 0.529. The highest BCUT2D eigenvalue weighted by molar-refractivity contribution is 6.15. The molecule has 0 saturated heterocycles. The highest BCUT2D eigenvalue weighted by Gasteiger charge is 2.46. The normalized spacial score (nSPS) is 13.1. The molecule has 0 saturated carbocycles. The van der Waals surface area contributed by atoms with Crippen LogP contribution in [0.3, 0.4) is 0 Å². The van der Waals surface area contributed by atoms with Crippen molar-refractivity contribution in [1.29, 1.82) is 0 Å². The number of fused-ring (bicyclic) bond motifs is 8. The Labute approximate surface area is 307 Å². The lowest BCUT2D eigenvalue weighted by atomic mass is 9.67. The first kappa shape index (κ1) is 29.8. The molecule has 53 heavy (non-hydrogen) atoms. The number of nitrogens with zero attached hydrogens (tertiary/aromatic N) is 2. The molecule has 11 rings (SSSR count). The Balaban J connectivity index is 1.33. The second-order valence-electron chi connectivity index (χ2n) is 14.1. The molecule has 2 nitrogen and oxygen atoms in total. The summed E-state index contributed by atoms with van der Waals surface area (Å²) in [6.45, 7) is 0. The van der Waals surface area contributed by atoms with E-state index in [1.807, 2.05) is 12.3 Å². The van der Waals surface area contributed by atoms with Gasteiger partial charge in [0.05, 0.1) is 22.1 Å². The Morgan fingerprint density at radius 2 is 0.943 bits per heavy atom. The van der Waals surface area contributed by atoms with Crippen molar-refractivity contribution in [3.63, 3.8) is 0 Å². The first-order chi connectivity index (χ1) is 26.3. The molecule has 0 unspecified atom stereocenters. The van der Waals surface area contributed by atoms with Gasteiger partial charge in [-0.2, -0.15) is 0 Å². The van der Waals surface area contributed by atoms with E-state index in [9.17, 15) is 0 Å². The van der Waals surface area contributed by atoms with Crippen LogP contribution in [0, 0.1) is 0 Å². The summed E-state index contributed by atoms with van der Waals surface area (Å²) < 4.78 is 0. The summed E-state index contributed by atoms with van der Waals surface area (Å²) >= 11 is 0. The van der Waals surface area contributed by atoms with Crippen molar-refractivity contribution in [2.75, 3.05) is 0 Å². The minimum Gasteiger partial charge on any atom is -0.254 e. The van der Waals surface area contributed by atoms with Crippen molar-refractivity contribution in [2.24, 2.45) is 0 Å². The second-order valence-corrected chi connectivity index (χ2v) is 14.1. The molecular formula is C51H32N2. The average Bonchev–Trinajstić information content (AvgIpc) is 3.52. The van der Waals surface area contributed by atoms with Crippen LogP contribution in [0.4, 0.5) is 0 Å². The molecular weight excluding hydrogens is 641 g/mol. The van der Waals surface area contributed by atoms with Gasteiger partial charge in [0.25, 0.3) is 0 Å². The Morgan fingerprint density at radius 1 is 0.358 bits per heavy atom. The van der Waals surface area contributed by atoms with Crippen molar-refractivity contribution in [2.45, 2.75) is 5.41 Å². The molecule has 246 valence electrons. The average molecular weight is 673 g/mol. The standard InChI is InChI=1S/C51H32N2/c1-3-17-37(18-4-1)51(38-19-5-2-6-20-38)45-24-12-11-23-41(45)42-31-43(47-28-27-34-26-25-33-16-13-29-52-49(33)50(34)53-47)44(32-46(42)51)48-39-21-9-7-14-35(39)30-36-15-8-10-22-40(36)48/h1-32H. The van der Waals surface area contributed by atoms with E-state index in [0.717, 1.165) is 33.1 Å². The van der Waals surface area contributed by atoms with Crippen LogP contribution in [-0.2, 0) is 5.41 Å². The summed E-state index contributed by atoms with van der Waals surface area (Å²) in [5, 5.41) is 7.05. The third-order valence-electron chi connectivity index (χ3n) is 11.3. The van der Waals surface area contributed by atoms with Crippen molar-refractivity contribution in [3.8, 4) is 33.5 Å². The van der Waals surface area contributed by atoms with Crippen LogP contribution in [0.15, 0.2) is 194 Å². The number of hydrogen-bond acceptors (Lipinski definition) is 2. The molecule has 0 atom stereocenters. The summed E-state index contributed by atoms with van der Waals surface area (Å²) in [6.07, 6.45) is 1.86. The SMILES string of the molecule is c1ccc(C2(c3ccccc3)c3ccccc3-c3cc(-c4ccc5ccc6cccnc6c5n4)c(-c4c5ccccc5cc5ccccc45)cc32)cc1. The monoisotopic (exact) mass is 672 g/mol. The molecule has 1 aliphatic rings. The number of benzene rings is 8. The zero-order chi connectivity index (χ0) is 34.9. The third kappa shape index (κ3) is 4.33. The Hall–Kier alpha value is -6.90. The van der Waals surface area contributed by atoms with Gasteiger partial charge in [-0.25, -0.2) is 4.98 Å². The molecule has 2 heterocycles. The van der Waals surface area contributed by atoms with Gasteiger partial charge >= 0.3 is 0 Å². The van der Waals surface area contributed by atoms with Crippen LogP contribution in [0.5, 0.6) is 0 Å². The van der Waals surface area contributed by atoms with Gasteiger partial charge in [-0.15, -0.1) is 0 Å². The van der Waals surface area contributed by atoms with E-state index in [4.69, 9.17) is 9.97 Å². The van der Waals surface area contributed by atoms with Gasteiger partial charge in [0.2, 0.25) is 0 Å². The van der Waals surface area contributed by atoms with E-state index in [-0.39, 0.29) is 0 Å². The summed E-state index contributed by atoms with van der Waals surface area (Å²) in [4.78, 5) is 10.3. The smallest absolute Gasteiger partial charge is 0.0972 e. The van der Waals surface area contributed by atoms with E-state index < -0.39 is 5.41 Å². The molecule has 0 bridgehead atoms. The van der Waals surface area contributed by atoms with Crippen LogP contribution in [0.1, 0.15) is 22.3 Å². The van der Waals surface area contributed by atoms with Gasteiger partial charge in [-0.3, -0.25) is 4.98 Å². The molecule has 2 heteroatoms. The van der Waals surface area contributed by atoms with Crippen LogP contribution in [0.25, 0.3) is 76.9 Å². The Kier molecular flexibility index (Phi) is 6.50. The first-order valence-corrected chi connectivity index (χ1v) is 18.2. The van der Waals surface area contributed by atoms with Crippen LogP contribution < -0.4 is 0 Å². The van der Waals surface area contributed by atoms with Crippen LogP contribution in [0.2, 0.25) is 0 Å². The molecule has 8 aromatic carbocycles. The van der Waals surface area contributed by atoms with Crippen LogP contribution in [-0.4, -0.2) is 9.97 Å². The maximum absolute atomic E-state index is 5.49. The van der Waals surface area contributed by atoms with Gasteiger partial charge in [0.1, 0.15) is 0 Å². The molecule has 0 aliphatic heterocycles. The van der Waals surface area contributed by atoms with E-state index in [1.165, 1.54) is 66.1 Å².